The molecule has 3 nitrogen and oxygen atoms in total. The van der Waals surface area contributed by atoms with E-state index < -0.39 is 0 Å². The third-order valence-corrected chi connectivity index (χ3v) is 3.54. The fraction of sp³-hybridized carbons (Fsp3) is 0.400. The molecule has 0 unspecified atom stereocenters. The van der Waals surface area contributed by atoms with Crippen LogP contribution in [0, 0.1) is 11.3 Å². The van der Waals surface area contributed by atoms with Gasteiger partial charge in [-0.3, -0.25) is 4.79 Å². The van der Waals surface area contributed by atoms with Gasteiger partial charge in [-0.25, -0.2) is 0 Å². The normalized spacial score (nSPS) is 9.60. The van der Waals surface area contributed by atoms with Crippen LogP contribution in [-0.2, 0) is 11.2 Å². The van der Waals surface area contributed by atoms with Crippen LogP contribution in [0.4, 0.5) is 0 Å². The second kappa shape index (κ2) is 6.59. The van der Waals surface area contributed by atoms with Crippen LogP contribution < -0.4 is 5.32 Å². The molecule has 1 N–H and O–H groups in total. The summed E-state index contributed by atoms with van der Waals surface area (Å²) in [6.45, 7) is 0.636. The van der Waals surface area contributed by atoms with E-state index in [0.29, 0.717) is 13.0 Å². The number of rotatable bonds is 5. The highest BCUT2D eigenvalue weighted by Gasteiger charge is 2.01. The topological polar surface area (TPSA) is 52.9 Å². The third kappa shape index (κ3) is 4.96. The van der Waals surface area contributed by atoms with Crippen molar-refractivity contribution in [3.8, 4) is 6.07 Å². The van der Waals surface area contributed by atoms with Crippen molar-refractivity contribution in [2.45, 2.75) is 19.3 Å². The predicted octanol–water partition coefficient (Wildman–Crippen LogP) is 2.47. The second-order valence-corrected chi connectivity index (χ2v) is 4.90. The molecule has 0 saturated carbocycles. The average molecular weight is 287 g/mol. The van der Waals surface area contributed by atoms with Gasteiger partial charge in [-0.2, -0.15) is 5.26 Å². The summed E-state index contributed by atoms with van der Waals surface area (Å²) in [4.78, 5) is 12.4. The molecule has 0 aliphatic carbocycles. The zero-order valence-electron chi connectivity index (χ0n) is 8.12. The maximum atomic E-state index is 11.1. The molecule has 0 aliphatic heterocycles. The summed E-state index contributed by atoms with van der Waals surface area (Å²) in [6, 6.07) is 3.99. The average Bonchev–Trinajstić information content (AvgIpc) is 2.61. The lowest BCUT2D eigenvalue weighted by atomic mass is 10.3. The first-order valence-corrected chi connectivity index (χ1v) is 6.26. The Balaban J connectivity index is 2.16. The lowest BCUT2D eigenvalue weighted by molar-refractivity contribution is -0.120. The first-order chi connectivity index (χ1) is 7.22. The summed E-state index contributed by atoms with van der Waals surface area (Å²) in [5, 5.41) is 13.1. The maximum Gasteiger partial charge on any atom is 0.221 e. The quantitative estimate of drug-likeness (QED) is 0.904. The zero-order chi connectivity index (χ0) is 11.1. The van der Waals surface area contributed by atoms with E-state index in [1.807, 2.05) is 17.5 Å². The number of carbonyl (C=O) groups is 1. The Morgan fingerprint density at radius 1 is 1.67 bits per heavy atom. The van der Waals surface area contributed by atoms with Crippen molar-refractivity contribution in [1.29, 1.82) is 5.26 Å². The Labute approximate surface area is 101 Å². The minimum atomic E-state index is -0.0489. The Morgan fingerprint density at radius 3 is 3.07 bits per heavy atom. The molecular formula is C10H11BrN2OS. The third-order valence-electron chi connectivity index (χ3n) is 1.78. The molecule has 80 valence electrons. The molecule has 1 aromatic rings. The number of nitriles is 1. The summed E-state index contributed by atoms with van der Waals surface area (Å²) in [7, 11) is 0. The summed E-state index contributed by atoms with van der Waals surface area (Å²) < 4.78 is 1.08. The van der Waals surface area contributed by atoms with E-state index in [9.17, 15) is 4.79 Å². The fourth-order valence-electron chi connectivity index (χ4n) is 1.07. The highest BCUT2D eigenvalue weighted by Crippen LogP contribution is 2.19. The van der Waals surface area contributed by atoms with Crippen molar-refractivity contribution in [2.75, 3.05) is 6.54 Å². The molecular weight excluding hydrogens is 276 g/mol. The van der Waals surface area contributed by atoms with Gasteiger partial charge in [-0.15, -0.1) is 11.3 Å². The molecule has 0 bridgehead atoms. The maximum absolute atomic E-state index is 11.1. The smallest absolute Gasteiger partial charge is 0.221 e. The van der Waals surface area contributed by atoms with Crippen LogP contribution in [0.2, 0.25) is 0 Å². The van der Waals surface area contributed by atoms with E-state index in [-0.39, 0.29) is 12.3 Å². The van der Waals surface area contributed by atoms with Crippen LogP contribution in [0.3, 0.4) is 0 Å². The monoisotopic (exact) mass is 286 g/mol. The Morgan fingerprint density at radius 2 is 2.47 bits per heavy atom. The van der Waals surface area contributed by atoms with Gasteiger partial charge in [0, 0.05) is 34.1 Å². The van der Waals surface area contributed by atoms with Crippen LogP contribution in [0.15, 0.2) is 15.9 Å². The molecule has 0 spiro atoms. The Hall–Kier alpha value is -0.860. The van der Waals surface area contributed by atoms with Crippen LogP contribution in [0.1, 0.15) is 17.7 Å². The van der Waals surface area contributed by atoms with Gasteiger partial charge in [0.15, 0.2) is 0 Å². The lowest BCUT2D eigenvalue weighted by Gasteiger charge is -2.01. The zero-order valence-corrected chi connectivity index (χ0v) is 10.5. The molecule has 0 atom stereocenters. The number of hydrogen-bond donors (Lipinski definition) is 1. The van der Waals surface area contributed by atoms with E-state index >= 15 is 0 Å². The number of thiophene rings is 1. The number of hydrogen-bond acceptors (Lipinski definition) is 3. The number of nitrogens with zero attached hydrogens (tertiary/aromatic N) is 1. The van der Waals surface area contributed by atoms with Gasteiger partial charge in [0.1, 0.15) is 0 Å². The summed E-state index contributed by atoms with van der Waals surface area (Å²) in [5.41, 5.74) is 0. The fourth-order valence-corrected chi connectivity index (χ4v) is 2.52. The van der Waals surface area contributed by atoms with Crippen LogP contribution >= 0.6 is 27.3 Å². The molecule has 0 aliphatic rings. The molecule has 0 fully saturated rings. The van der Waals surface area contributed by atoms with Crippen molar-refractivity contribution in [2.24, 2.45) is 0 Å². The number of carbonyl (C=O) groups excluding carboxylic acids is 1. The van der Waals surface area contributed by atoms with Gasteiger partial charge in [0.05, 0.1) is 6.07 Å². The first kappa shape index (κ1) is 12.2. The van der Waals surface area contributed by atoms with Crippen LogP contribution in [0.25, 0.3) is 0 Å². The highest BCUT2D eigenvalue weighted by atomic mass is 79.9. The van der Waals surface area contributed by atoms with Crippen molar-refractivity contribution in [3.05, 3.63) is 20.8 Å². The molecule has 0 saturated heterocycles. The van der Waals surface area contributed by atoms with E-state index in [4.69, 9.17) is 5.26 Å². The van der Waals surface area contributed by atoms with E-state index in [2.05, 4.69) is 21.2 Å². The minimum Gasteiger partial charge on any atom is -0.356 e. The Kier molecular flexibility index (Phi) is 5.37. The van der Waals surface area contributed by atoms with Gasteiger partial charge in [-0.05, 0) is 28.4 Å². The van der Waals surface area contributed by atoms with Crippen LogP contribution in [-0.4, -0.2) is 12.5 Å². The van der Waals surface area contributed by atoms with Gasteiger partial charge in [0.2, 0.25) is 5.91 Å². The van der Waals surface area contributed by atoms with Crippen molar-refractivity contribution < 1.29 is 4.79 Å². The number of halogens is 1. The predicted molar refractivity (Wildman–Crippen MR) is 63.6 cm³/mol. The van der Waals surface area contributed by atoms with E-state index in [1.54, 1.807) is 11.3 Å². The molecule has 5 heteroatoms. The highest BCUT2D eigenvalue weighted by molar-refractivity contribution is 9.10. The van der Waals surface area contributed by atoms with Crippen molar-refractivity contribution >= 4 is 33.2 Å². The Bertz CT molecular complexity index is 370. The standard InChI is InChI=1S/C10H11BrN2OS/c11-8-6-9(15-7-8)3-5-13-10(14)2-1-4-12/h6-7H,1-3,5H2,(H,13,14). The number of amides is 1. The second-order valence-electron chi connectivity index (χ2n) is 2.99. The summed E-state index contributed by atoms with van der Waals surface area (Å²) in [5.74, 6) is -0.0489. The van der Waals surface area contributed by atoms with Crippen LogP contribution in [0.5, 0.6) is 0 Å². The van der Waals surface area contributed by atoms with Gasteiger partial charge >= 0.3 is 0 Å². The molecule has 1 aromatic heterocycles. The van der Waals surface area contributed by atoms with Gasteiger partial charge in [-0.1, -0.05) is 0 Å². The first-order valence-electron chi connectivity index (χ1n) is 4.59. The molecule has 1 heterocycles. The van der Waals surface area contributed by atoms with Crippen molar-refractivity contribution in [3.63, 3.8) is 0 Å². The molecule has 15 heavy (non-hydrogen) atoms. The largest absolute Gasteiger partial charge is 0.356 e. The molecule has 1 rings (SSSR count). The van der Waals surface area contributed by atoms with E-state index in [1.165, 1.54) is 4.88 Å². The molecule has 1 amide bonds. The molecule has 0 aromatic carbocycles. The SMILES string of the molecule is N#CCCC(=O)NCCc1cc(Br)cs1. The number of nitrogens with one attached hydrogen (secondary N) is 1. The lowest BCUT2D eigenvalue weighted by Crippen LogP contribution is -2.24. The summed E-state index contributed by atoms with van der Waals surface area (Å²) in [6.07, 6.45) is 1.43. The van der Waals surface area contributed by atoms with Crippen molar-refractivity contribution in [1.82, 2.24) is 5.32 Å². The van der Waals surface area contributed by atoms with E-state index in [0.717, 1.165) is 10.9 Å². The minimum absolute atomic E-state index is 0.0489. The summed E-state index contributed by atoms with van der Waals surface area (Å²) >= 11 is 5.04. The van der Waals surface area contributed by atoms with Gasteiger partial charge < -0.3 is 5.32 Å². The van der Waals surface area contributed by atoms with Gasteiger partial charge in [0.25, 0.3) is 0 Å². The molecule has 0 radical (unpaired) electrons.